The topological polar surface area (TPSA) is 75.4 Å². The summed E-state index contributed by atoms with van der Waals surface area (Å²) in [6, 6.07) is -0.597. The lowest BCUT2D eigenvalue weighted by atomic mass is 9.86. The highest BCUT2D eigenvalue weighted by atomic mass is 16.2. The summed E-state index contributed by atoms with van der Waals surface area (Å²) in [5, 5.41) is 2.77. The van der Waals surface area contributed by atoms with Gasteiger partial charge in [0.2, 0.25) is 11.8 Å². The predicted octanol–water partition coefficient (Wildman–Crippen LogP) is 0.590. The molecule has 0 unspecified atom stereocenters. The van der Waals surface area contributed by atoms with E-state index in [9.17, 15) is 9.59 Å². The highest BCUT2D eigenvalue weighted by Crippen LogP contribution is 2.18. The van der Waals surface area contributed by atoms with Gasteiger partial charge < -0.3 is 16.0 Å². The summed E-state index contributed by atoms with van der Waals surface area (Å²) in [5.41, 5.74) is 5.56. The number of likely N-dealkylation sites (N-methyl/N-ethyl adjacent to an activating group) is 1. The molecule has 0 fully saturated rings. The fourth-order valence-corrected chi connectivity index (χ4v) is 1.28. The summed E-state index contributed by atoms with van der Waals surface area (Å²) in [6.07, 6.45) is 0. The van der Waals surface area contributed by atoms with E-state index in [1.54, 1.807) is 7.05 Å². The van der Waals surface area contributed by atoms with Crippen molar-refractivity contribution in [1.82, 2.24) is 10.2 Å². The molecule has 0 aromatic rings. The second-order valence-electron chi connectivity index (χ2n) is 6.24. The highest BCUT2D eigenvalue weighted by molar-refractivity contribution is 5.87. The van der Waals surface area contributed by atoms with Crippen LogP contribution in [0.2, 0.25) is 0 Å². The van der Waals surface area contributed by atoms with Crippen LogP contribution in [0.5, 0.6) is 0 Å². The molecule has 0 spiro atoms. The minimum atomic E-state index is -0.597. The molecule has 0 radical (unpaired) electrons. The first-order valence-electron chi connectivity index (χ1n) is 6.33. The van der Waals surface area contributed by atoms with Crippen LogP contribution in [0.25, 0.3) is 0 Å². The van der Waals surface area contributed by atoms with Crippen LogP contribution < -0.4 is 11.1 Å². The van der Waals surface area contributed by atoms with Gasteiger partial charge in [-0.2, -0.15) is 0 Å². The zero-order chi connectivity index (χ0) is 14.5. The van der Waals surface area contributed by atoms with Gasteiger partial charge in [0, 0.05) is 13.6 Å². The normalized spacial score (nSPS) is 13.3. The molecule has 0 aromatic carbocycles. The first kappa shape index (κ1) is 16.9. The molecule has 0 rings (SSSR count). The van der Waals surface area contributed by atoms with Gasteiger partial charge in [-0.1, -0.05) is 34.6 Å². The molecule has 0 aliphatic heterocycles. The third kappa shape index (κ3) is 6.00. The monoisotopic (exact) mass is 257 g/mol. The van der Waals surface area contributed by atoms with Crippen LogP contribution in [-0.2, 0) is 9.59 Å². The number of hydrogen-bond acceptors (Lipinski definition) is 3. The molecule has 106 valence electrons. The van der Waals surface area contributed by atoms with Crippen LogP contribution in [0, 0.1) is 11.3 Å². The second-order valence-corrected chi connectivity index (χ2v) is 6.24. The maximum absolute atomic E-state index is 12.0. The van der Waals surface area contributed by atoms with E-state index in [0.29, 0.717) is 12.5 Å². The second kappa shape index (κ2) is 6.73. The Labute approximate surface area is 110 Å². The SMILES string of the molecule is CC(C)CNC(=O)CN(C)C(=O)[C@@H](N)C(C)(C)C. The molecule has 0 heterocycles. The van der Waals surface area contributed by atoms with Crippen molar-refractivity contribution in [3.63, 3.8) is 0 Å². The molecular formula is C13H27N3O2. The molecule has 0 bridgehead atoms. The molecule has 0 aromatic heterocycles. The third-order valence-corrected chi connectivity index (χ3v) is 2.66. The van der Waals surface area contributed by atoms with E-state index in [4.69, 9.17) is 5.73 Å². The molecule has 1 atom stereocenters. The lowest BCUT2D eigenvalue weighted by Crippen LogP contribution is -2.51. The molecule has 0 aliphatic rings. The first-order valence-corrected chi connectivity index (χ1v) is 6.33. The number of carbonyl (C=O) groups is 2. The van der Waals surface area contributed by atoms with E-state index < -0.39 is 6.04 Å². The molecule has 5 heteroatoms. The third-order valence-electron chi connectivity index (χ3n) is 2.66. The Kier molecular flexibility index (Phi) is 6.32. The van der Waals surface area contributed by atoms with Gasteiger partial charge in [-0.15, -0.1) is 0 Å². The van der Waals surface area contributed by atoms with Crippen molar-refractivity contribution in [2.75, 3.05) is 20.1 Å². The molecule has 0 saturated heterocycles. The lowest BCUT2D eigenvalue weighted by Gasteiger charge is -2.29. The molecule has 5 nitrogen and oxygen atoms in total. The minimum absolute atomic E-state index is 0.0509. The van der Waals surface area contributed by atoms with Crippen LogP contribution in [0.15, 0.2) is 0 Å². The number of carbonyl (C=O) groups excluding carboxylic acids is 2. The highest BCUT2D eigenvalue weighted by Gasteiger charge is 2.30. The Bertz CT molecular complexity index is 295. The van der Waals surface area contributed by atoms with Crippen molar-refractivity contribution in [2.24, 2.45) is 17.1 Å². The number of nitrogens with two attached hydrogens (primary N) is 1. The molecule has 0 saturated carbocycles. The summed E-state index contributed by atoms with van der Waals surface area (Å²) in [6.45, 7) is 10.4. The largest absolute Gasteiger partial charge is 0.354 e. The van der Waals surface area contributed by atoms with Crippen LogP contribution >= 0.6 is 0 Å². The smallest absolute Gasteiger partial charge is 0.240 e. The minimum Gasteiger partial charge on any atom is -0.354 e. The van der Waals surface area contributed by atoms with Crippen molar-refractivity contribution >= 4 is 11.8 Å². The average Bonchev–Trinajstić information content (AvgIpc) is 2.22. The summed E-state index contributed by atoms with van der Waals surface area (Å²) >= 11 is 0. The molecule has 18 heavy (non-hydrogen) atoms. The summed E-state index contributed by atoms with van der Waals surface area (Å²) in [5.74, 6) is 0.0367. The van der Waals surface area contributed by atoms with Gasteiger partial charge in [0.25, 0.3) is 0 Å². The van der Waals surface area contributed by atoms with Gasteiger partial charge in [0.05, 0.1) is 12.6 Å². The Morgan fingerprint density at radius 1 is 1.28 bits per heavy atom. The summed E-state index contributed by atoms with van der Waals surface area (Å²) in [4.78, 5) is 25.0. The van der Waals surface area contributed by atoms with Gasteiger partial charge in [-0.05, 0) is 11.3 Å². The Morgan fingerprint density at radius 3 is 2.17 bits per heavy atom. The molecular weight excluding hydrogens is 230 g/mol. The van der Waals surface area contributed by atoms with Crippen molar-refractivity contribution in [1.29, 1.82) is 0 Å². The van der Waals surface area contributed by atoms with Crippen molar-refractivity contribution in [3.8, 4) is 0 Å². The quantitative estimate of drug-likeness (QED) is 0.757. The van der Waals surface area contributed by atoms with Crippen molar-refractivity contribution < 1.29 is 9.59 Å². The number of nitrogens with zero attached hydrogens (tertiary/aromatic N) is 1. The van der Waals surface area contributed by atoms with Gasteiger partial charge >= 0.3 is 0 Å². The predicted molar refractivity (Wildman–Crippen MR) is 72.9 cm³/mol. The van der Waals surface area contributed by atoms with Gasteiger partial charge in [0.1, 0.15) is 0 Å². The zero-order valence-electron chi connectivity index (χ0n) is 12.4. The Hall–Kier alpha value is -1.10. The number of rotatable bonds is 5. The van der Waals surface area contributed by atoms with E-state index in [-0.39, 0.29) is 23.8 Å². The Morgan fingerprint density at radius 2 is 1.78 bits per heavy atom. The van der Waals surface area contributed by atoms with Crippen LogP contribution in [-0.4, -0.2) is 42.9 Å². The lowest BCUT2D eigenvalue weighted by molar-refractivity contribution is -0.137. The van der Waals surface area contributed by atoms with Gasteiger partial charge in [-0.25, -0.2) is 0 Å². The number of amides is 2. The van der Waals surface area contributed by atoms with Crippen LogP contribution in [0.4, 0.5) is 0 Å². The van der Waals surface area contributed by atoms with Crippen molar-refractivity contribution in [2.45, 2.75) is 40.7 Å². The van der Waals surface area contributed by atoms with Gasteiger partial charge in [0.15, 0.2) is 0 Å². The molecule has 3 N–H and O–H groups in total. The average molecular weight is 257 g/mol. The number of nitrogens with one attached hydrogen (secondary N) is 1. The van der Waals surface area contributed by atoms with E-state index >= 15 is 0 Å². The zero-order valence-corrected chi connectivity index (χ0v) is 12.4. The van der Waals surface area contributed by atoms with Gasteiger partial charge in [-0.3, -0.25) is 9.59 Å². The Balaban J connectivity index is 4.28. The van der Waals surface area contributed by atoms with Crippen LogP contribution in [0.3, 0.4) is 0 Å². The number of hydrogen-bond donors (Lipinski definition) is 2. The fraction of sp³-hybridized carbons (Fsp3) is 0.846. The maximum atomic E-state index is 12.0. The standard InChI is InChI=1S/C13H27N3O2/c1-9(2)7-15-10(17)8-16(6)12(18)11(14)13(3,4)5/h9,11H,7-8,14H2,1-6H3,(H,15,17)/t11-/m1/s1. The van der Waals surface area contributed by atoms with E-state index in [1.165, 1.54) is 4.90 Å². The summed E-state index contributed by atoms with van der Waals surface area (Å²) in [7, 11) is 1.60. The molecule has 0 aliphatic carbocycles. The van der Waals surface area contributed by atoms with E-state index in [1.807, 2.05) is 34.6 Å². The first-order chi connectivity index (χ1) is 8.05. The summed E-state index contributed by atoms with van der Waals surface area (Å²) < 4.78 is 0. The van der Waals surface area contributed by atoms with E-state index in [0.717, 1.165) is 0 Å². The fourth-order valence-electron chi connectivity index (χ4n) is 1.28. The molecule has 2 amide bonds. The maximum Gasteiger partial charge on any atom is 0.240 e. The van der Waals surface area contributed by atoms with Crippen LogP contribution in [0.1, 0.15) is 34.6 Å². The van der Waals surface area contributed by atoms with E-state index in [2.05, 4.69) is 5.32 Å². The van der Waals surface area contributed by atoms with Crippen molar-refractivity contribution in [3.05, 3.63) is 0 Å².